The van der Waals surface area contributed by atoms with Crippen LogP contribution in [0.15, 0.2) is 36.4 Å². The molecule has 2 aliphatic heterocycles. The molecule has 4 rings (SSSR count). The Balaban J connectivity index is 1.60. The number of hydrogen-bond donors (Lipinski definition) is 1. The van der Waals surface area contributed by atoms with Crippen molar-refractivity contribution in [2.45, 2.75) is 12.5 Å². The van der Waals surface area contributed by atoms with Crippen LogP contribution in [0.1, 0.15) is 11.1 Å². The van der Waals surface area contributed by atoms with Gasteiger partial charge in [0.05, 0.1) is 25.9 Å². The van der Waals surface area contributed by atoms with Gasteiger partial charge in [-0.2, -0.15) is 0 Å². The molecule has 26 heavy (non-hydrogen) atoms. The van der Waals surface area contributed by atoms with Gasteiger partial charge in [-0.25, -0.2) is 0 Å². The van der Waals surface area contributed by atoms with Gasteiger partial charge in [-0.05, 0) is 47.5 Å². The van der Waals surface area contributed by atoms with Crippen molar-refractivity contribution in [2.75, 3.05) is 44.3 Å². The third-order valence-corrected chi connectivity index (χ3v) is 5.48. The fourth-order valence-electron chi connectivity index (χ4n) is 3.80. The van der Waals surface area contributed by atoms with E-state index in [9.17, 15) is 5.11 Å². The lowest BCUT2D eigenvalue weighted by Crippen LogP contribution is -2.44. The van der Waals surface area contributed by atoms with Crippen molar-refractivity contribution in [3.63, 3.8) is 0 Å². The lowest BCUT2D eigenvalue weighted by Gasteiger charge is -2.36. The fourth-order valence-corrected chi connectivity index (χ4v) is 4.19. The van der Waals surface area contributed by atoms with Crippen LogP contribution in [0.2, 0.25) is 10.0 Å². The first-order valence-corrected chi connectivity index (χ1v) is 9.68. The van der Waals surface area contributed by atoms with Gasteiger partial charge in [-0.3, -0.25) is 4.90 Å². The zero-order valence-corrected chi connectivity index (χ0v) is 16.0. The summed E-state index contributed by atoms with van der Waals surface area (Å²) in [5.41, 5.74) is 4.52. The molecule has 2 aliphatic rings. The van der Waals surface area contributed by atoms with Gasteiger partial charge in [-0.1, -0.05) is 23.2 Å². The largest absolute Gasteiger partial charge is 0.390 e. The van der Waals surface area contributed by atoms with Crippen LogP contribution < -0.4 is 4.90 Å². The van der Waals surface area contributed by atoms with E-state index in [1.165, 1.54) is 0 Å². The molecule has 6 heteroatoms. The van der Waals surface area contributed by atoms with E-state index in [0.717, 1.165) is 65.3 Å². The van der Waals surface area contributed by atoms with E-state index < -0.39 is 6.10 Å². The monoisotopic (exact) mass is 392 g/mol. The van der Waals surface area contributed by atoms with Gasteiger partial charge >= 0.3 is 0 Å². The smallest absolute Gasteiger partial charge is 0.0845 e. The standard InChI is InChI=1S/C20H22Cl2N2O2/c21-16-1-3-19-14(10-16)9-15-11-17(22)2-4-20(15)24(19)13-18(25)12-23-5-7-26-8-6-23/h1-4,10-11,18,25H,5-9,12-13H2. The first-order chi connectivity index (χ1) is 12.6. The summed E-state index contributed by atoms with van der Waals surface area (Å²) in [5, 5.41) is 12.2. The van der Waals surface area contributed by atoms with Gasteiger partial charge in [0.2, 0.25) is 0 Å². The van der Waals surface area contributed by atoms with Gasteiger partial charge in [0, 0.05) is 47.5 Å². The Morgan fingerprint density at radius 1 is 0.923 bits per heavy atom. The second-order valence-electron chi connectivity index (χ2n) is 6.90. The summed E-state index contributed by atoms with van der Waals surface area (Å²) in [5.74, 6) is 0. The minimum atomic E-state index is -0.460. The highest BCUT2D eigenvalue weighted by Crippen LogP contribution is 2.40. The number of anilines is 2. The Morgan fingerprint density at radius 3 is 2.08 bits per heavy atom. The quantitative estimate of drug-likeness (QED) is 0.859. The summed E-state index contributed by atoms with van der Waals surface area (Å²) >= 11 is 12.4. The summed E-state index contributed by atoms with van der Waals surface area (Å²) < 4.78 is 5.39. The molecule has 1 fully saturated rings. The van der Waals surface area contributed by atoms with Crippen LogP contribution in [-0.2, 0) is 11.2 Å². The Labute approximate surface area is 163 Å². The number of benzene rings is 2. The molecule has 0 bridgehead atoms. The minimum absolute atomic E-state index is 0.460. The van der Waals surface area contributed by atoms with Crippen LogP contribution in [0.5, 0.6) is 0 Å². The highest BCUT2D eigenvalue weighted by Gasteiger charge is 2.26. The van der Waals surface area contributed by atoms with Crippen molar-refractivity contribution < 1.29 is 9.84 Å². The predicted molar refractivity (Wildman–Crippen MR) is 106 cm³/mol. The second-order valence-corrected chi connectivity index (χ2v) is 7.77. The molecule has 4 nitrogen and oxygen atoms in total. The number of fused-ring (bicyclic) bond motifs is 2. The molecule has 0 radical (unpaired) electrons. The molecular formula is C20H22Cl2N2O2. The zero-order valence-electron chi connectivity index (χ0n) is 14.5. The molecule has 0 amide bonds. The number of β-amino-alcohol motifs (C(OH)–C–C–N with tert-alkyl or cyclic N) is 1. The predicted octanol–water partition coefficient (Wildman–Crippen LogP) is 3.73. The number of nitrogens with zero attached hydrogens (tertiary/aromatic N) is 2. The Bertz CT molecular complexity index is 742. The number of morpholine rings is 1. The third-order valence-electron chi connectivity index (χ3n) is 5.01. The average molecular weight is 393 g/mol. The van der Waals surface area contributed by atoms with Crippen LogP contribution in [0, 0.1) is 0 Å². The zero-order chi connectivity index (χ0) is 18.1. The molecule has 0 aromatic heterocycles. The van der Waals surface area contributed by atoms with Crippen molar-refractivity contribution in [3.8, 4) is 0 Å². The van der Waals surface area contributed by atoms with Gasteiger partial charge < -0.3 is 14.7 Å². The molecule has 1 saturated heterocycles. The summed E-state index contributed by atoms with van der Waals surface area (Å²) in [6, 6.07) is 11.9. The summed E-state index contributed by atoms with van der Waals surface area (Å²) in [6.45, 7) is 4.38. The number of halogens is 2. The van der Waals surface area contributed by atoms with E-state index in [1.807, 2.05) is 36.4 Å². The third kappa shape index (κ3) is 3.85. The number of ether oxygens (including phenoxy) is 1. The molecule has 1 unspecified atom stereocenters. The molecule has 0 saturated carbocycles. The topological polar surface area (TPSA) is 35.9 Å². The van der Waals surface area contributed by atoms with Crippen LogP contribution in [0.25, 0.3) is 0 Å². The molecule has 2 aromatic rings. The Kier molecular flexibility index (Phi) is 5.39. The highest BCUT2D eigenvalue weighted by atomic mass is 35.5. The van der Waals surface area contributed by atoms with Gasteiger partial charge in [0.25, 0.3) is 0 Å². The first-order valence-electron chi connectivity index (χ1n) is 8.93. The molecule has 0 spiro atoms. The van der Waals surface area contributed by atoms with Crippen LogP contribution in [0.4, 0.5) is 11.4 Å². The Morgan fingerprint density at radius 2 is 1.50 bits per heavy atom. The van der Waals surface area contributed by atoms with Crippen LogP contribution in [0.3, 0.4) is 0 Å². The van der Waals surface area contributed by atoms with Crippen molar-refractivity contribution in [1.82, 2.24) is 4.90 Å². The van der Waals surface area contributed by atoms with E-state index in [-0.39, 0.29) is 0 Å². The maximum absolute atomic E-state index is 10.7. The highest BCUT2D eigenvalue weighted by molar-refractivity contribution is 6.31. The number of aliphatic hydroxyl groups excluding tert-OH is 1. The van der Waals surface area contributed by atoms with Crippen molar-refractivity contribution in [1.29, 1.82) is 0 Å². The molecule has 1 N–H and O–H groups in total. The van der Waals surface area contributed by atoms with Crippen molar-refractivity contribution in [3.05, 3.63) is 57.6 Å². The van der Waals surface area contributed by atoms with Crippen molar-refractivity contribution in [2.24, 2.45) is 0 Å². The second kappa shape index (κ2) is 7.75. The maximum atomic E-state index is 10.7. The molecule has 0 aliphatic carbocycles. The first kappa shape index (κ1) is 18.1. The molecule has 1 atom stereocenters. The van der Waals surface area contributed by atoms with E-state index in [0.29, 0.717) is 13.1 Å². The SMILES string of the molecule is OC(CN1CCOCC1)CN1c2ccc(Cl)cc2Cc2cc(Cl)ccc21. The van der Waals surface area contributed by atoms with Crippen LogP contribution in [-0.4, -0.2) is 55.5 Å². The van der Waals surface area contributed by atoms with E-state index >= 15 is 0 Å². The number of rotatable bonds is 4. The Hall–Kier alpha value is -1.30. The van der Waals surface area contributed by atoms with Gasteiger partial charge in [0.1, 0.15) is 0 Å². The maximum Gasteiger partial charge on any atom is 0.0845 e. The molecule has 2 heterocycles. The summed E-state index contributed by atoms with van der Waals surface area (Å²) in [4.78, 5) is 4.44. The normalized spacial score (nSPS) is 18.3. The van der Waals surface area contributed by atoms with Crippen molar-refractivity contribution >= 4 is 34.6 Å². The minimum Gasteiger partial charge on any atom is -0.390 e. The average Bonchev–Trinajstić information content (AvgIpc) is 2.61. The van der Waals surface area contributed by atoms with Gasteiger partial charge in [-0.15, -0.1) is 0 Å². The number of aliphatic hydroxyl groups is 1. The van der Waals surface area contributed by atoms with E-state index in [2.05, 4.69) is 9.80 Å². The van der Waals surface area contributed by atoms with E-state index in [4.69, 9.17) is 27.9 Å². The lowest BCUT2D eigenvalue weighted by atomic mass is 9.95. The molecular weight excluding hydrogens is 371 g/mol. The summed E-state index contributed by atoms with van der Waals surface area (Å²) in [6.07, 6.45) is 0.334. The van der Waals surface area contributed by atoms with Gasteiger partial charge in [0.15, 0.2) is 0 Å². The molecule has 2 aromatic carbocycles. The van der Waals surface area contributed by atoms with Crippen LogP contribution >= 0.6 is 23.2 Å². The fraction of sp³-hybridized carbons (Fsp3) is 0.400. The molecule has 138 valence electrons. The summed E-state index contributed by atoms with van der Waals surface area (Å²) in [7, 11) is 0. The van der Waals surface area contributed by atoms with E-state index in [1.54, 1.807) is 0 Å². The number of hydrogen-bond acceptors (Lipinski definition) is 4. The lowest BCUT2D eigenvalue weighted by molar-refractivity contribution is 0.0164.